The maximum absolute atomic E-state index is 8.98. The molecule has 0 bridgehead atoms. The molecule has 0 atom stereocenters. The number of benzene rings is 4. The minimum atomic E-state index is 0.118. The molecule has 0 spiro atoms. The Morgan fingerprint density at radius 3 is 0.909 bits per heavy atom. The van der Waals surface area contributed by atoms with Crippen LogP contribution in [0.4, 0.5) is 0 Å². The summed E-state index contributed by atoms with van der Waals surface area (Å²) < 4.78 is 15.0. The van der Waals surface area contributed by atoms with Crippen LogP contribution < -0.4 is 0 Å². The molecule has 0 aliphatic rings. The van der Waals surface area contributed by atoms with Crippen molar-refractivity contribution in [1.29, 1.82) is 0 Å². The number of ether oxygens (including phenoxy) is 2. The van der Waals surface area contributed by atoms with Crippen LogP contribution in [0.2, 0.25) is 0 Å². The molecule has 0 fully saturated rings. The molecule has 0 radical (unpaired) electrons. The second kappa shape index (κ2) is 24.5. The minimum Gasteiger partial charge on any atom is -0.373 e. The zero-order valence-electron chi connectivity index (χ0n) is 35.1. The highest BCUT2D eigenvalue weighted by atomic mass is 16.5. The molecule has 0 N–H and O–H groups in total. The van der Waals surface area contributed by atoms with Gasteiger partial charge in [-0.15, -0.1) is 10.2 Å². The summed E-state index contributed by atoms with van der Waals surface area (Å²) in [5.41, 5.74) is 64.1. The largest absolute Gasteiger partial charge is 0.373 e. The molecule has 0 saturated heterocycles. The van der Waals surface area contributed by atoms with Gasteiger partial charge in [0.2, 0.25) is 0 Å². The van der Waals surface area contributed by atoms with Gasteiger partial charge in [-0.2, -0.15) is 0 Å². The van der Waals surface area contributed by atoms with E-state index in [-0.39, 0.29) is 65.7 Å². The van der Waals surface area contributed by atoms with Gasteiger partial charge in [0.25, 0.3) is 0 Å². The lowest BCUT2D eigenvalue weighted by atomic mass is 9.96. The van der Waals surface area contributed by atoms with Crippen molar-refractivity contribution in [3.05, 3.63) is 204 Å². The Hall–Kier alpha value is -9.06. The molecule has 0 aliphatic carbocycles. The normalized spacial score (nSPS) is 10.4. The van der Waals surface area contributed by atoms with Gasteiger partial charge in [-0.3, -0.25) is 0 Å². The van der Waals surface area contributed by atoms with Gasteiger partial charge in [0.05, 0.1) is 91.2 Å². The molecular weight excluding hydrogens is 849 g/mol. The molecule has 0 unspecified atom stereocenters. The molecule has 0 amide bonds. The van der Waals surface area contributed by atoms with Gasteiger partial charge < -0.3 is 9.47 Å². The minimum absolute atomic E-state index is 0.118. The van der Waals surface area contributed by atoms with E-state index in [1.807, 2.05) is 72.8 Å². The van der Waals surface area contributed by atoms with Crippen LogP contribution in [0, 0.1) is 0 Å². The van der Waals surface area contributed by atoms with Crippen molar-refractivity contribution < 1.29 is 9.47 Å². The smallest absolute Gasteiger partial charge is 0.108 e. The molecule has 26 heteroatoms. The van der Waals surface area contributed by atoms with Crippen molar-refractivity contribution in [2.24, 2.45) is 30.7 Å². The van der Waals surface area contributed by atoms with E-state index in [2.05, 4.69) is 80.8 Å². The van der Waals surface area contributed by atoms with Crippen LogP contribution in [-0.4, -0.2) is 43.2 Å². The Morgan fingerprint density at radius 1 is 0.379 bits per heavy atom. The molecule has 66 heavy (non-hydrogen) atoms. The Bertz CT molecular complexity index is 2680. The monoisotopic (exact) mass is 886 g/mol. The topological polar surface area (TPSA) is 372 Å². The van der Waals surface area contributed by atoms with Crippen molar-refractivity contribution in [2.45, 2.75) is 65.6 Å². The number of nitrogens with zero attached hydrogens (tertiary/aromatic N) is 24. The van der Waals surface area contributed by atoms with Gasteiger partial charge in [0, 0.05) is 29.5 Å². The quantitative estimate of drug-likeness (QED) is 0.0232. The molecule has 26 nitrogen and oxygen atoms in total. The number of hydrogen-bond donors (Lipinski definition) is 0. The lowest BCUT2D eigenvalue weighted by Gasteiger charge is -2.12. The Labute approximate surface area is 374 Å². The van der Waals surface area contributed by atoms with Crippen LogP contribution in [0.1, 0.15) is 55.9 Å². The van der Waals surface area contributed by atoms with E-state index in [9.17, 15) is 0 Å². The fraction of sp³-hybridized carbons (Fsp3) is 0.300. The van der Waals surface area contributed by atoms with Crippen molar-refractivity contribution in [1.82, 2.24) is 30.0 Å². The predicted octanol–water partition coefficient (Wildman–Crippen LogP) is 10.9. The fourth-order valence-corrected chi connectivity index (χ4v) is 6.94. The number of hydrogen-bond acceptors (Lipinski definition) is 12. The second-order valence-electron chi connectivity index (χ2n) is 14.4. The molecule has 2 aromatic heterocycles. The van der Waals surface area contributed by atoms with Gasteiger partial charge in [0.1, 0.15) is 11.4 Å². The zero-order valence-corrected chi connectivity index (χ0v) is 35.1. The lowest BCUT2D eigenvalue weighted by Crippen LogP contribution is -2.05. The summed E-state index contributed by atoms with van der Waals surface area (Å²) in [5, 5.41) is 39.2. The van der Waals surface area contributed by atoms with Crippen LogP contribution >= 0.6 is 0 Å². The van der Waals surface area contributed by atoms with E-state index >= 15 is 0 Å². The lowest BCUT2D eigenvalue weighted by molar-refractivity contribution is 0.0318. The standard InChI is InChI=1S/C40H38N24O2/c41-55-47-15-27-3-28(16-48-56-42)8-35(7-27)37-11-31(19-51-59-45)5-33(13-37)21-63-23-39(53-61-63)25-65-1-2-66-26-40-24-64(62-54-40)22-34-6-32(20-52-60-46)12-38(14-34)36-9-29(17-49-57-43)4-30(10-36)18-50-58-44/h3-14,23-24H,1-2,15-22,25-26H2. The van der Waals surface area contributed by atoms with Crippen molar-refractivity contribution >= 4 is 0 Å². The van der Waals surface area contributed by atoms with Crippen LogP contribution in [0.15, 0.2) is 116 Å². The Balaban J connectivity index is 1.03. The highest BCUT2D eigenvalue weighted by Crippen LogP contribution is 2.29. The third kappa shape index (κ3) is 14.2. The maximum atomic E-state index is 8.98. The highest BCUT2D eigenvalue weighted by Gasteiger charge is 2.12. The van der Waals surface area contributed by atoms with Crippen molar-refractivity contribution in [3.63, 3.8) is 0 Å². The van der Waals surface area contributed by atoms with E-state index in [1.165, 1.54) is 0 Å². The molecule has 0 aliphatic heterocycles. The zero-order chi connectivity index (χ0) is 46.4. The Morgan fingerprint density at radius 2 is 0.636 bits per heavy atom. The van der Waals surface area contributed by atoms with Crippen LogP contribution in [0.25, 0.3) is 84.9 Å². The van der Waals surface area contributed by atoms with Crippen LogP contribution in [-0.2, 0) is 75.0 Å². The predicted molar refractivity (Wildman–Crippen MR) is 238 cm³/mol. The first-order chi connectivity index (χ1) is 32.4. The van der Waals surface area contributed by atoms with E-state index in [4.69, 9.17) is 42.7 Å². The molecule has 6 rings (SSSR count). The number of aromatic nitrogens is 6. The second-order valence-corrected chi connectivity index (χ2v) is 14.4. The summed E-state index contributed by atoms with van der Waals surface area (Å²) in [6, 6.07) is 22.8. The number of rotatable bonds is 25. The van der Waals surface area contributed by atoms with E-state index < -0.39 is 0 Å². The first-order valence-electron chi connectivity index (χ1n) is 19.9. The molecule has 6 aromatic rings. The first kappa shape index (κ1) is 46.4. The molecule has 330 valence electrons. The van der Waals surface area contributed by atoms with Gasteiger partial charge in [-0.1, -0.05) is 102 Å². The van der Waals surface area contributed by atoms with Gasteiger partial charge >= 0.3 is 0 Å². The van der Waals surface area contributed by atoms with E-state index in [0.717, 1.165) is 66.8 Å². The molecular formula is C40H38N24O2. The van der Waals surface area contributed by atoms with Crippen molar-refractivity contribution in [3.8, 4) is 22.3 Å². The summed E-state index contributed by atoms with van der Waals surface area (Å²) in [6.45, 7) is 2.38. The van der Waals surface area contributed by atoms with Gasteiger partial charge in [-0.05, 0) is 112 Å². The Kier molecular flexibility index (Phi) is 17.3. The van der Waals surface area contributed by atoms with Crippen molar-refractivity contribution in [2.75, 3.05) is 13.2 Å². The summed E-state index contributed by atoms with van der Waals surface area (Å²) in [6.07, 6.45) is 3.55. The van der Waals surface area contributed by atoms with E-state index in [0.29, 0.717) is 24.5 Å². The summed E-state index contributed by atoms with van der Waals surface area (Å²) in [7, 11) is 0. The summed E-state index contributed by atoms with van der Waals surface area (Å²) in [4.78, 5) is 17.2. The molecule has 2 heterocycles. The average molecular weight is 887 g/mol. The summed E-state index contributed by atoms with van der Waals surface area (Å²) >= 11 is 0. The van der Waals surface area contributed by atoms with Crippen LogP contribution in [0.3, 0.4) is 0 Å². The third-order valence-corrected chi connectivity index (χ3v) is 9.51. The molecule has 0 saturated carbocycles. The van der Waals surface area contributed by atoms with Crippen LogP contribution in [0.5, 0.6) is 0 Å². The molecule has 4 aromatic carbocycles. The summed E-state index contributed by atoms with van der Waals surface area (Å²) in [5.74, 6) is 0. The average Bonchev–Trinajstić information content (AvgIpc) is 3.99. The fourth-order valence-electron chi connectivity index (χ4n) is 6.94. The SMILES string of the molecule is [N-]=[N+]=NCc1cc(CN=[N+]=[N-])cc(-c2cc(CN=[N+]=[N-])cc(Cn3cc(COCCOCc4cn(Cc5cc(CN=[N+]=[N-])cc(-c6cc(CN=[N+]=[N-])cc(CN=[N+]=[N-])c6)c5)nn4)nn3)c2)c1. The highest BCUT2D eigenvalue weighted by molar-refractivity contribution is 5.68. The first-order valence-corrected chi connectivity index (χ1v) is 19.9. The van der Waals surface area contributed by atoms with E-state index in [1.54, 1.807) is 21.8 Å². The maximum Gasteiger partial charge on any atom is 0.108 e. The third-order valence-electron chi connectivity index (χ3n) is 9.51. The van der Waals surface area contributed by atoms with Gasteiger partial charge in [0.15, 0.2) is 0 Å². The number of azide groups is 6. The van der Waals surface area contributed by atoms with Gasteiger partial charge in [-0.25, -0.2) is 9.36 Å².